The first-order valence-electron chi connectivity index (χ1n) is 9.11. The Morgan fingerprint density at radius 1 is 1.08 bits per heavy atom. The molecule has 5 nitrogen and oxygen atoms in total. The van der Waals surface area contributed by atoms with E-state index >= 15 is 0 Å². The fraction of sp³-hybridized carbons (Fsp3) is 0.333. The molecule has 1 saturated heterocycles. The van der Waals surface area contributed by atoms with Crippen molar-refractivity contribution >= 4 is 23.2 Å². The highest BCUT2D eigenvalue weighted by Crippen LogP contribution is 2.34. The number of aryl methyl sites for hydroxylation is 1. The number of nitrogens with zero attached hydrogens (tertiary/aromatic N) is 2. The predicted molar refractivity (Wildman–Crippen MR) is 102 cm³/mol. The molecule has 2 aromatic carbocycles. The number of amides is 2. The first-order chi connectivity index (χ1) is 12.6. The van der Waals surface area contributed by atoms with Crippen molar-refractivity contribution in [3.63, 3.8) is 0 Å². The molecule has 2 aromatic rings. The maximum absolute atomic E-state index is 12.7. The number of carbonyl (C=O) groups is 2. The molecule has 0 spiro atoms. The number of piperazine rings is 1. The van der Waals surface area contributed by atoms with Crippen molar-refractivity contribution < 1.29 is 9.59 Å². The van der Waals surface area contributed by atoms with Crippen molar-refractivity contribution in [2.24, 2.45) is 0 Å². The second-order valence-electron chi connectivity index (χ2n) is 7.04. The monoisotopic (exact) mass is 349 g/mol. The number of para-hydroxylation sites is 1. The van der Waals surface area contributed by atoms with Gasteiger partial charge in [0.25, 0.3) is 0 Å². The van der Waals surface area contributed by atoms with Crippen LogP contribution >= 0.6 is 0 Å². The second kappa shape index (κ2) is 6.83. The van der Waals surface area contributed by atoms with Crippen LogP contribution in [0.15, 0.2) is 48.5 Å². The fourth-order valence-electron chi connectivity index (χ4n) is 3.82. The summed E-state index contributed by atoms with van der Waals surface area (Å²) in [5.74, 6) is -0.378. The molecule has 26 heavy (non-hydrogen) atoms. The number of hydrogen-bond acceptors (Lipinski definition) is 3. The Bertz CT molecular complexity index is 841. The van der Waals surface area contributed by atoms with E-state index < -0.39 is 0 Å². The van der Waals surface area contributed by atoms with E-state index in [0.717, 1.165) is 24.3 Å². The molecule has 2 aliphatic rings. The molecule has 1 N–H and O–H groups in total. The van der Waals surface area contributed by atoms with Gasteiger partial charge < -0.3 is 15.1 Å². The molecule has 1 fully saturated rings. The Hall–Kier alpha value is -2.82. The summed E-state index contributed by atoms with van der Waals surface area (Å²) in [7, 11) is 0. The Balaban J connectivity index is 1.38. The molecule has 4 rings (SSSR count). The minimum Gasteiger partial charge on any atom is -0.368 e. The van der Waals surface area contributed by atoms with Crippen molar-refractivity contribution in [1.82, 2.24) is 4.90 Å². The maximum Gasteiger partial charge on any atom is 0.232 e. The van der Waals surface area contributed by atoms with Gasteiger partial charge in [-0.2, -0.15) is 0 Å². The number of benzene rings is 2. The first-order valence-corrected chi connectivity index (χ1v) is 9.11. The number of hydrogen-bond donors (Lipinski definition) is 1. The topological polar surface area (TPSA) is 52.7 Å². The van der Waals surface area contributed by atoms with Crippen LogP contribution < -0.4 is 10.2 Å². The van der Waals surface area contributed by atoms with E-state index in [2.05, 4.69) is 41.4 Å². The van der Waals surface area contributed by atoms with Gasteiger partial charge >= 0.3 is 0 Å². The highest BCUT2D eigenvalue weighted by atomic mass is 16.2. The van der Waals surface area contributed by atoms with E-state index in [-0.39, 0.29) is 24.2 Å². The van der Waals surface area contributed by atoms with Crippen LogP contribution in [-0.4, -0.2) is 42.9 Å². The van der Waals surface area contributed by atoms with Crippen molar-refractivity contribution in [3.05, 3.63) is 59.7 Å². The molecule has 0 bridgehead atoms. The van der Waals surface area contributed by atoms with E-state index in [9.17, 15) is 9.59 Å². The van der Waals surface area contributed by atoms with Crippen LogP contribution in [0.1, 0.15) is 23.5 Å². The van der Waals surface area contributed by atoms with E-state index in [1.165, 1.54) is 11.3 Å². The van der Waals surface area contributed by atoms with Gasteiger partial charge in [0.15, 0.2) is 0 Å². The Morgan fingerprint density at radius 3 is 2.62 bits per heavy atom. The van der Waals surface area contributed by atoms with E-state index in [4.69, 9.17) is 0 Å². The van der Waals surface area contributed by atoms with Gasteiger partial charge in [-0.25, -0.2) is 0 Å². The quantitative estimate of drug-likeness (QED) is 0.927. The van der Waals surface area contributed by atoms with Gasteiger partial charge in [0, 0.05) is 44.0 Å². The summed E-state index contributed by atoms with van der Waals surface area (Å²) in [6.45, 7) is 5.13. The standard InChI is InChI=1S/C21H23N3O2/c1-15-5-4-6-16(13-15)23-9-11-24(12-10-23)20(25)14-18-17-7-2-3-8-19(17)22-21(18)26/h2-8,13,18H,9-12,14H2,1H3,(H,22,26). The van der Waals surface area contributed by atoms with Gasteiger partial charge in [0.05, 0.1) is 5.92 Å². The molecule has 0 saturated carbocycles. The Labute approximate surface area is 153 Å². The number of nitrogens with one attached hydrogen (secondary N) is 1. The molecule has 0 radical (unpaired) electrons. The van der Waals surface area contributed by atoms with Gasteiger partial charge in [-0.3, -0.25) is 9.59 Å². The van der Waals surface area contributed by atoms with E-state index in [1.54, 1.807) is 0 Å². The number of fused-ring (bicyclic) bond motifs is 1. The molecule has 1 unspecified atom stereocenters. The van der Waals surface area contributed by atoms with Gasteiger partial charge in [-0.1, -0.05) is 30.3 Å². The lowest BCUT2D eigenvalue weighted by Gasteiger charge is -2.36. The van der Waals surface area contributed by atoms with Gasteiger partial charge in [0.2, 0.25) is 11.8 Å². The lowest BCUT2D eigenvalue weighted by atomic mass is 9.96. The molecule has 5 heteroatoms. The van der Waals surface area contributed by atoms with Gasteiger partial charge in [-0.05, 0) is 36.2 Å². The maximum atomic E-state index is 12.7. The summed E-state index contributed by atoms with van der Waals surface area (Å²) in [4.78, 5) is 29.2. The average molecular weight is 349 g/mol. The molecule has 134 valence electrons. The summed E-state index contributed by atoms with van der Waals surface area (Å²) in [6.07, 6.45) is 0.243. The molecule has 2 aliphatic heterocycles. The molecule has 0 aromatic heterocycles. The highest BCUT2D eigenvalue weighted by Gasteiger charge is 2.33. The van der Waals surface area contributed by atoms with Crippen LogP contribution in [-0.2, 0) is 9.59 Å². The van der Waals surface area contributed by atoms with Gasteiger partial charge in [0.1, 0.15) is 0 Å². The van der Waals surface area contributed by atoms with Crippen LogP contribution in [0.2, 0.25) is 0 Å². The minimum atomic E-state index is -0.367. The van der Waals surface area contributed by atoms with Crippen molar-refractivity contribution in [2.45, 2.75) is 19.3 Å². The molecule has 2 amide bonds. The predicted octanol–water partition coefficient (Wildman–Crippen LogP) is 2.77. The smallest absolute Gasteiger partial charge is 0.232 e. The molecular weight excluding hydrogens is 326 g/mol. The van der Waals surface area contributed by atoms with Crippen LogP contribution in [0.3, 0.4) is 0 Å². The average Bonchev–Trinajstić information content (AvgIpc) is 2.97. The largest absolute Gasteiger partial charge is 0.368 e. The van der Waals surface area contributed by atoms with Crippen LogP contribution in [0, 0.1) is 6.92 Å². The summed E-state index contributed by atoms with van der Waals surface area (Å²) < 4.78 is 0. The van der Waals surface area contributed by atoms with Gasteiger partial charge in [-0.15, -0.1) is 0 Å². The van der Waals surface area contributed by atoms with Crippen molar-refractivity contribution in [2.75, 3.05) is 36.4 Å². The van der Waals surface area contributed by atoms with Crippen LogP contribution in [0.5, 0.6) is 0 Å². The zero-order valence-electron chi connectivity index (χ0n) is 14.9. The molecule has 0 aliphatic carbocycles. The lowest BCUT2D eigenvalue weighted by Crippen LogP contribution is -2.49. The number of rotatable bonds is 3. The van der Waals surface area contributed by atoms with Crippen LogP contribution in [0.4, 0.5) is 11.4 Å². The molecule has 2 heterocycles. The molecule has 1 atom stereocenters. The minimum absolute atomic E-state index is 0.0609. The Kier molecular flexibility index (Phi) is 4.37. The second-order valence-corrected chi connectivity index (χ2v) is 7.04. The van der Waals surface area contributed by atoms with Crippen molar-refractivity contribution in [1.29, 1.82) is 0 Å². The summed E-state index contributed by atoms with van der Waals surface area (Å²) >= 11 is 0. The summed E-state index contributed by atoms with van der Waals surface area (Å²) in [5.41, 5.74) is 4.22. The fourth-order valence-corrected chi connectivity index (χ4v) is 3.82. The number of anilines is 2. The zero-order valence-corrected chi connectivity index (χ0v) is 14.9. The SMILES string of the molecule is Cc1cccc(N2CCN(C(=O)CC3C(=O)Nc4ccccc43)CC2)c1. The summed E-state index contributed by atoms with van der Waals surface area (Å²) in [6, 6.07) is 16.1. The van der Waals surface area contributed by atoms with Crippen LogP contribution in [0.25, 0.3) is 0 Å². The third kappa shape index (κ3) is 3.17. The lowest BCUT2D eigenvalue weighted by molar-refractivity contribution is -0.133. The third-order valence-electron chi connectivity index (χ3n) is 5.29. The van der Waals surface area contributed by atoms with E-state index in [0.29, 0.717) is 13.1 Å². The highest BCUT2D eigenvalue weighted by molar-refractivity contribution is 6.04. The first kappa shape index (κ1) is 16.6. The Morgan fingerprint density at radius 2 is 1.85 bits per heavy atom. The molecular formula is C21H23N3O2. The summed E-state index contributed by atoms with van der Waals surface area (Å²) in [5, 5.41) is 2.87. The number of carbonyl (C=O) groups excluding carboxylic acids is 2. The third-order valence-corrected chi connectivity index (χ3v) is 5.29. The normalized spacial score (nSPS) is 19.3. The zero-order chi connectivity index (χ0) is 18.1. The van der Waals surface area contributed by atoms with Crippen molar-refractivity contribution in [3.8, 4) is 0 Å². The van der Waals surface area contributed by atoms with E-state index in [1.807, 2.05) is 29.2 Å².